The largest absolute Gasteiger partial charge is 0.463 e. The molecule has 0 heterocycles. The Balaban J connectivity index is 3.50. The van der Waals surface area contributed by atoms with Crippen molar-refractivity contribution in [3.8, 4) is 0 Å². The highest BCUT2D eigenvalue weighted by atomic mass is 16.6. The lowest BCUT2D eigenvalue weighted by Crippen LogP contribution is -2.25. The number of rotatable bonds is 20. The molecule has 0 spiro atoms. The first kappa shape index (κ1) is 28.4. The third kappa shape index (κ3) is 21.1. The Hall–Kier alpha value is -1.62. The summed E-state index contributed by atoms with van der Waals surface area (Å²) in [5.74, 6) is -0.604. The third-order valence-corrected chi connectivity index (χ3v) is 4.85. The number of esters is 2. The number of aliphatic hydroxyl groups is 1. The average Bonchev–Trinajstić information content (AvgIpc) is 2.74. The monoisotopic (exact) mass is 424 g/mol. The standard InChI is InChI=1S/C25H44O5/c1-3-5-7-9-11-13-15-17-19-24(27)29-21-23(26)22-30-25(28)20-18-16-14-12-10-8-6-4-2/h3-6,23,26H,7-22H2,1-2H3. The molecule has 0 atom stereocenters. The Bertz CT molecular complexity index is 428. The van der Waals surface area contributed by atoms with Crippen LogP contribution in [-0.2, 0) is 19.1 Å². The lowest BCUT2D eigenvalue weighted by Gasteiger charge is -2.12. The molecule has 0 aliphatic carbocycles. The molecular weight excluding hydrogens is 380 g/mol. The van der Waals surface area contributed by atoms with Crippen LogP contribution in [0.2, 0.25) is 0 Å². The molecule has 0 radical (unpaired) electrons. The molecule has 0 saturated heterocycles. The van der Waals surface area contributed by atoms with Crippen molar-refractivity contribution in [2.24, 2.45) is 0 Å². The van der Waals surface area contributed by atoms with Gasteiger partial charge in [0.2, 0.25) is 0 Å². The number of allylic oxidation sites excluding steroid dienone is 4. The zero-order chi connectivity index (χ0) is 22.3. The second-order valence-corrected chi connectivity index (χ2v) is 7.77. The minimum absolute atomic E-state index is 0.123. The normalized spacial score (nSPS) is 12.5. The minimum atomic E-state index is -0.962. The maximum absolute atomic E-state index is 11.7. The summed E-state index contributed by atoms with van der Waals surface area (Å²) >= 11 is 0. The van der Waals surface area contributed by atoms with E-state index < -0.39 is 6.10 Å². The van der Waals surface area contributed by atoms with E-state index in [1.807, 2.05) is 13.8 Å². The van der Waals surface area contributed by atoms with Crippen molar-refractivity contribution >= 4 is 11.9 Å². The molecule has 30 heavy (non-hydrogen) atoms. The van der Waals surface area contributed by atoms with E-state index in [2.05, 4.69) is 24.3 Å². The van der Waals surface area contributed by atoms with Crippen LogP contribution in [0.25, 0.3) is 0 Å². The van der Waals surface area contributed by atoms with E-state index in [4.69, 9.17) is 9.47 Å². The van der Waals surface area contributed by atoms with Gasteiger partial charge in [-0.25, -0.2) is 0 Å². The highest BCUT2D eigenvalue weighted by Gasteiger charge is 2.12. The highest BCUT2D eigenvalue weighted by Crippen LogP contribution is 2.09. The van der Waals surface area contributed by atoms with Crippen molar-refractivity contribution in [1.82, 2.24) is 0 Å². The van der Waals surface area contributed by atoms with Crippen molar-refractivity contribution in [2.75, 3.05) is 13.2 Å². The number of carbonyl (C=O) groups excluding carboxylic acids is 2. The van der Waals surface area contributed by atoms with Crippen molar-refractivity contribution in [3.05, 3.63) is 24.3 Å². The zero-order valence-corrected chi connectivity index (χ0v) is 19.3. The summed E-state index contributed by atoms with van der Waals surface area (Å²) in [5, 5.41) is 9.81. The van der Waals surface area contributed by atoms with Gasteiger partial charge in [0.1, 0.15) is 19.3 Å². The second-order valence-electron chi connectivity index (χ2n) is 7.77. The molecule has 0 fully saturated rings. The van der Waals surface area contributed by atoms with Gasteiger partial charge in [0.05, 0.1) is 0 Å². The van der Waals surface area contributed by atoms with Gasteiger partial charge in [0.25, 0.3) is 0 Å². The molecule has 174 valence electrons. The number of unbranched alkanes of at least 4 members (excludes halogenated alkanes) is 10. The van der Waals surface area contributed by atoms with Crippen molar-refractivity contribution in [3.63, 3.8) is 0 Å². The molecule has 0 rings (SSSR count). The average molecular weight is 425 g/mol. The first-order valence-corrected chi connectivity index (χ1v) is 11.8. The summed E-state index contributed by atoms with van der Waals surface area (Å²) in [6.45, 7) is 3.81. The van der Waals surface area contributed by atoms with Gasteiger partial charge in [0, 0.05) is 12.8 Å². The SMILES string of the molecule is CC=CCCCCCCCC(=O)OCC(O)COC(=O)CCCCCCCC=CC. The molecule has 0 aliphatic heterocycles. The number of ether oxygens (including phenoxy) is 2. The van der Waals surface area contributed by atoms with Crippen molar-refractivity contribution in [2.45, 2.75) is 110 Å². The Kier molecular flexibility index (Phi) is 20.9. The number of hydrogen-bond donors (Lipinski definition) is 1. The van der Waals surface area contributed by atoms with Crippen LogP contribution in [0.5, 0.6) is 0 Å². The van der Waals surface area contributed by atoms with Gasteiger partial charge in [-0.1, -0.05) is 62.8 Å². The van der Waals surface area contributed by atoms with Gasteiger partial charge in [-0.05, 0) is 52.4 Å². The summed E-state index contributed by atoms with van der Waals surface area (Å²) in [4.78, 5) is 23.4. The molecule has 5 nitrogen and oxygen atoms in total. The van der Waals surface area contributed by atoms with Crippen LogP contribution in [0.15, 0.2) is 24.3 Å². The van der Waals surface area contributed by atoms with E-state index in [0.717, 1.165) is 51.4 Å². The molecule has 5 heteroatoms. The Morgan fingerprint density at radius 2 is 1.03 bits per heavy atom. The zero-order valence-electron chi connectivity index (χ0n) is 19.3. The van der Waals surface area contributed by atoms with E-state index in [9.17, 15) is 14.7 Å². The van der Waals surface area contributed by atoms with E-state index in [-0.39, 0.29) is 25.2 Å². The van der Waals surface area contributed by atoms with E-state index >= 15 is 0 Å². The Morgan fingerprint density at radius 3 is 1.43 bits per heavy atom. The van der Waals surface area contributed by atoms with Gasteiger partial charge in [0.15, 0.2) is 0 Å². The fraction of sp³-hybridized carbons (Fsp3) is 0.760. The van der Waals surface area contributed by atoms with Crippen LogP contribution < -0.4 is 0 Å². The van der Waals surface area contributed by atoms with E-state index in [1.54, 1.807) is 0 Å². The van der Waals surface area contributed by atoms with Crippen LogP contribution in [0.4, 0.5) is 0 Å². The predicted octanol–water partition coefficient (Wildman–Crippen LogP) is 6.05. The van der Waals surface area contributed by atoms with Crippen LogP contribution in [0, 0.1) is 0 Å². The molecule has 1 N–H and O–H groups in total. The van der Waals surface area contributed by atoms with Crippen LogP contribution in [-0.4, -0.2) is 36.4 Å². The van der Waals surface area contributed by atoms with Crippen molar-refractivity contribution in [1.29, 1.82) is 0 Å². The third-order valence-electron chi connectivity index (χ3n) is 4.85. The van der Waals surface area contributed by atoms with Gasteiger partial charge < -0.3 is 14.6 Å². The maximum atomic E-state index is 11.7. The van der Waals surface area contributed by atoms with Crippen LogP contribution in [0.3, 0.4) is 0 Å². The van der Waals surface area contributed by atoms with Gasteiger partial charge in [-0.15, -0.1) is 0 Å². The van der Waals surface area contributed by atoms with E-state index in [1.165, 1.54) is 25.7 Å². The first-order chi connectivity index (χ1) is 14.6. The summed E-state index contributed by atoms with van der Waals surface area (Å²) in [7, 11) is 0. The quantitative estimate of drug-likeness (QED) is 0.146. The number of carbonyl (C=O) groups is 2. The summed E-state index contributed by atoms with van der Waals surface area (Å²) in [6, 6.07) is 0. The summed E-state index contributed by atoms with van der Waals surface area (Å²) in [6.07, 6.45) is 21.2. The molecule has 0 aromatic heterocycles. The van der Waals surface area contributed by atoms with Gasteiger partial charge in [-0.2, -0.15) is 0 Å². The molecule has 0 aliphatic rings. The number of hydrogen-bond acceptors (Lipinski definition) is 5. The molecule has 0 unspecified atom stereocenters. The fourth-order valence-corrected chi connectivity index (χ4v) is 3.03. The Morgan fingerprint density at radius 1 is 0.667 bits per heavy atom. The smallest absolute Gasteiger partial charge is 0.305 e. The van der Waals surface area contributed by atoms with Crippen LogP contribution in [0.1, 0.15) is 104 Å². The molecule has 0 aromatic carbocycles. The fourth-order valence-electron chi connectivity index (χ4n) is 3.03. The predicted molar refractivity (Wildman–Crippen MR) is 122 cm³/mol. The lowest BCUT2D eigenvalue weighted by molar-refractivity contribution is -0.152. The van der Waals surface area contributed by atoms with Crippen LogP contribution >= 0.6 is 0 Å². The first-order valence-electron chi connectivity index (χ1n) is 11.8. The van der Waals surface area contributed by atoms with E-state index in [0.29, 0.717) is 12.8 Å². The maximum Gasteiger partial charge on any atom is 0.305 e. The topological polar surface area (TPSA) is 72.8 Å². The molecule has 0 bridgehead atoms. The van der Waals surface area contributed by atoms with Gasteiger partial charge in [-0.3, -0.25) is 9.59 Å². The molecule has 0 amide bonds. The molecule has 0 saturated carbocycles. The van der Waals surface area contributed by atoms with Gasteiger partial charge >= 0.3 is 11.9 Å². The second kappa shape index (κ2) is 22.1. The lowest BCUT2D eigenvalue weighted by atomic mass is 10.1. The highest BCUT2D eigenvalue weighted by molar-refractivity contribution is 5.69. The summed E-state index contributed by atoms with van der Waals surface area (Å²) in [5.41, 5.74) is 0. The Labute approximate surface area is 183 Å². The molecular formula is C25H44O5. The summed E-state index contributed by atoms with van der Waals surface area (Å²) < 4.78 is 10.1. The minimum Gasteiger partial charge on any atom is -0.463 e. The van der Waals surface area contributed by atoms with Crippen molar-refractivity contribution < 1.29 is 24.2 Å². The number of aliphatic hydroxyl groups excluding tert-OH is 1. The molecule has 0 aromatic rings.